The molecule has 3 rings (SSSR count). The van der Waals surface area contributed by atoms with E-state index in [4.69, 9.17) is 5.73 Å². The van der Waals surface area contributed by atoms with E-state index in [0.29, 0.717) is 23.9 Å². The summed E-state index contributed by atoms with van der Waals surface area (Å²) < 4.78 is 0. The summed E-state index contributed by atoms with van der Waals surface area (Å²) in [5.74, 6) is 1.16. The van der Waals surface area contributed by atoms with Crippen molar-refractivity contribution in [3.05, 3.63) is 16.1 Å². The summed E-state index contributed by atoms with van der Waals surface area (Å²) in [6, 6.07) is 0.626. The van der Waals surface area contributed by atoms with Crippen molar-refractivity contribution < 1.29 is 4.79 Å². The monoisotopic (exact) mass is 321 g/mol. The number of nitrogens with two attached hydrogens (primary N) is 1. The largest absolute Gasteiger partial charge is 0.348 e. The fourth-order valence-electron chi connectivity index (χ4n) is 3.97. The van der Waals surface area contributed by atoms with Crippen LogP contribution in [0.3, 0.4) is 0 Å². The molecule has 0 aromatic carbocycles. The van der Waals surface area contributed by atoms with E-state index in [1.54, 1.807) is 6.20 Å². The van der Waals surface area contributed by atoms with Crippen LogP contribution in [0.4, 0.5) is 0 Å². The van der Waals surface area contributed by atoms with Gasteiger partial charge in [-0.1, -0.05) is 27.2 Å². The van der Waals surface area contributed by atoms with Crippen molar-refractivity contribution in [2.75, 3.05) is 0 Å². The lowest BCUT2D eigenvalue weighted by molar-refractivity contribution is 0.0759. The number of hydrogen-bond acceptors (Lipinski definition) is 4. The van der Waals surface area contributed by atoms with Crippen LogP contribution < -0.4 is 11.1 Å². The van der Waals surface area contributed by atoms with Gasteiger partial charge in [0.05, 0.1) is 11.2 Å². The number of carbonyl (C=O) groups is 1. The molecule has 22 heavy (non-hydrogen) atoms. The number of fused-ring (bicyclic) bond motifs is 2. The van der Waals surface area contributed by atoms with Gasteiger partial charge in [0.2, 0.25) is 0 Å². The smallest absolute Gasteiger partial charge is 0.263 e. The van der Waals surface area contributed by atoms with Crippen LogP contribution in [0.2, 0.25) is 0 Å². The summed E-state index contributed by atoms with van der Waals surface area (Å²) in [7, 11) is 0. The molecule has 2 aliphatic rings. The minimum Gasteiger partial charge on any atom is -0.348 e. The highest BCUT2D eigenvalue weighted by Gasteiger charge is 2.40. The first-order valence-electron chi connectivity index (χ1n) is 8.37. The molecule has 0 saturated heterocycles. The van der Waals surface area contributed by atoms with Crippen LogP contribution in [0.25, 0.3) is 0 Å². The summed E-state index contributed by atoms with van der Waals surface area (Å²) in [5, 5.41) is 4.32. The Hall–Kier alpha value is -0.940. The van der Waals surface area contributed by atoms with E-state index in [-0.39, 0.29) is 11.3 Å². The van der Waals surface area contributed by atoms with Gasteiger partial charge >= 0.3 is 0 Å². The number of thiazole rings is 1. The molecule has 2 bridgehead atoms. The standard InChI is InChI=1S/C17H27N3OS/c1-17(2,3)16-19-9-13(22-16)15(21)20-14-10-5-4-6-11(14)8-12(18)7-10/h9-12,14H,4-8,18H2,1-3H3,(H,20,21). The number of aromatic nitrogens is 1. The zero-order chi connectivity index (χ0) is 15.9. The van der Waals surface area contributed by atoms with Crippen molar-refractivity contribution in [2.45, 2.75) is 70.4 Å². The van der Waals surface area contributed by atoms with Crippen LogP contribution >= 0.6 is 11.3 Å². The third-order valence-electron chi connectivity index (χ3n) is 5.05. The molecule has 5 heteroatoms. The van der Waals surface area contributed by atoms with Gasteiger partial charge in [0.25, 0.3) is 5.91 Å². The lowest BCUT2D eigenvalue weighted by Crippen LogP contribution is -2.53. The number of amides is 1. The first-order valence-corrected chi connectivity index (χ1v) is 9.19. The van der Waals surface area contributed by atoms with Crippen LogP contribution in [0.1, 0.15) is 67.6 Å². The molecule has 1 heterocycles. The van der Waals surface area contributed by atoms with Crippen molar-refractivity contribution in [1.82, 2.24) is 10.3 Å². The van der Waals surface area contributed by atoms with Gasteiger partial charge in [0, 0.05) is 17.5 Å². The molecule has 2 unspecified atom stereocenters. The highest BCUT2D eigenvalue weighted by atomic mass is 32.1. The topological polar surface area (TPSA) is 68.0 Å². The minimum atomic E-state index is -0.00266. The van der Waals surface area contributed by atoms with Crippen LogP contribution in [-0.2, 0) is 5.41 Å². The fourth-order valence-corrected chi connectivity index (χ4v) is 4.85. The Bertz CT molecular complexity index is 534. The molecule has 1 aromatic heterocycles. The predicted octanol–water partition coefficient (Wildman–Crippen LogP) is 3.08. The van der Waals surface area contributed by atoms with E-state index in [1.807, 2.05) is 0 Å². The maximum absolute atomic E-state index is 12.6. The highest BCUT2D eigenvalue weighted by molar-refractivity contribution is 7.13. The van der Waals surface area contributed by atoms with Gasteiger partial charge in [0.1, 0.15) is 4.88 Å². The third-order valence-corrected chi connectivity index (χ3v) is 6.47. The Balaban J connectivity index is 1.70. The van der Waals surface area contributed by atoms with Gasteiger partial charge in [-0.05, 0) is 37.5 Å². The van der Waals surface area contributed by atoms with E-state index >= 15 is 0 Å². The van der Waals surface area contributed by atoms with Crippen molar-refractivity contribution in [2.24, 2.45) is 17.6 Å². The molecule has 0 spiro atoms. The Kier molecular flexibility index (Phi) is 4.29. The first-order chi connectivity index (χ1) is 10.3. The maximum Gasteiger partial charge on any atom is 0.263 e. The molecule has 4 nitrogen and oxygen atoms in total. The lowest BCUT2D eigenvalue weighted by Gasteiger charge is -2.45. The van der Waals surface area contributed by atoms with Crippen molar-refractivity contribution >= 4 is 17.2 Å². The van der Waals surface area contributed by atoms with Crippen molar-refractivity contribution in [1.29, 1.82) is 0 Å². The number of hydrogen-bond donors (Lipinski definition) is 2. The Morgan fingerprint density at radius 1 is 1.32 bits per heavy atom. The van der Waals surface area contributed by atoms with Gasteiger partial charge in [-0.25, -0.2) is 4.98 Å². The molecule has 122 valence electrons. The number of rotatable bonds is 2. The molecule has 1 amide bonds. The fraction of sp³-hybridized carbons (Fsp3) is 0.765. The maximum atomic E-state index is 12.6. The van der Waals surface area contributed by atoms with Crippen LogP contribution in [0, 0.1) is 11.8 Å². The van der Waals surface area contributed by atoms with Gasteiger partial charge < -0.3 is 11.1 Å². The van der Waals surface area contributed by atoms with E-state index < -0.39 is 0 Å². The third kappa shape index (κ3) is 3.20. The van der Waals surface area contributed by atoms with Gasteiger partial charge in [0.15, 0.2) is 0 Å². The number of nitrogens with one attached hydrogen (secondary N) is 1. The van der Waals surface area contributed by atoms with Crippen molar-refractivity contribution in [3.8, 4) is 0 Å². The molecule has 0 aliphatic heterocycles. The normalized spacial score (nSPS) is 31.8. The van der Waals surface area contributed by atoms with E-state index in [9.17, 15) is 4.79 Å². The van der Waals surface area contributed by atoms with Gasteiger partial charge in [-0.3, -0.25) is 4.79 Å². The van der Waals surface area contributed by atoms with Gasteiger partial charge in [-0.2, -0.15) is 0 Å². The molecule has 1 aromatic rings. The highest BCUT2D eigenvalue weighted by Crippen LogP contribution is 2.40. The average Bonchev–Trinajstić information content (AvgIpc) is 2.89. The van der Waals surface area contributed by atoms with Crippen LogP contribution in [0.15, 0.2) is 6.20 Å². The molecule has 2 aliphatic carbocycles. The molecular weight excluding hydrogens is 294 g/mol. The second-order valence-electron chi connectivity index (χ2n) is 7.96. The first kappa shape index (κ1) is 15.9. The Morgan fingerprint density at radius 2 is 1.95 bits per heavy atom. The molecule has 3 N–H and O–H groups in total. The average molecular weight is 321 g/mol. The Morgan fingerprint density at radius 3 is 2.50 bits per heavy atom. The van der Waals surface area contributed by atoms with E-state index in [1.165, 1.54) is 30.6 Å². The summed E-state index contributed by atoms with van der Waals surface area (Å²) in [4.78, 5) is 17.8. The molecule has 2 atom stereocenters. The minimum absolute atomic E-state index is 0.00266. The number of nitrogens with zero attached hydrogens (tertiary/aromatic N) is 1. The van der Waals surface area contributed by atoms with Crippen LogP contribution in [-0.4, -0.2) is 23.0 Å². The lowest BCUT2D eigenvalue weighted by atomic mass is 9.67. The zero-order valence-corrected chi connectivity index (χ0v) is 14.6. The molecule has 2 saturated carbocycles. The zero-order valence-electron chi connectivity index (χ0n) is 13.8. The second kappa shape index (κ2) is 5.93. The second-order valence-corrected chi connectivity index (χ2v) is 8.99. The summed E-state index contributed by atoms with van der Waals surface area (Å²) in [6.45, 7) is 6.38. The molecule has 2 fully saturated rings. The summed E-state index contributed by atoms with van der Waals surface area (Å²) >= 11 is 1.52. The quantitative estimate of drug-likeness (QED) is 0.879. The summed E-state index contributed by atoms with van der Waals surface area (Å²) in [6.07, 6.45) is 7.51. The number of carbonyl (C=O) groups excluding carboxylic acids is 1. The Labute approximate surface area is 136 Å². The van der Waals surface area contributed by atoms with E-state index in [2.05, 4.69) is 31.1 Å². The molecular formula is C17H27N3OS. The SMILES string of the molecule is CC(C)(C)c1ncc(C(=O)NC2C3CCCC2CC(N)C3)s1. The van der Waals surface area contributed by atoms with Gasteiger partial charge in [-0.15, -0.1) is 11.3 Å². The van der Waals surface area contributed by atoms with Crippen molar-refractivity contribution in [3.63, 3.8) is 0 Å². The van der Waals surface area contributed by atoms with E-state index in [0.717, 1.165) is 22.7 Å². The summed E-state index contributed by atoms with van der Waals surface area (Å²) in [5.41, 5.74) is 6.16. The van der Waals surface area contributed by atoms with Crippen LogP contribution in [0.5, 0.6) is 0 Å². The molecule has 0 radical (unpaired) electrons. The predicted molar refractivity (Wildman–Crippen MR) is 90.1 cm³/mol.